The molecule has 3 nitrogen and oxygen atoms in total. The van der Waals surface area contributed by atoms with Crippen molar-refractivity contribution in [1.82, 2.24) is 14.7 Å². The minimum absolute atomic E-state index is 0.883. The van der Waals surface area contributed by atoms with Crippen LogP contribution in [0.25, 0.3) is 0 Å². The molecule has 0 aliphatic carbocycles. The van der Waals surface area contributed by atoms with E-state index in [1.807, 2.05) is 0 Å². The summed E-state index contributed by atoms with van der Waals surface area (Å²) in [5, 5.41) is 0. The van der Waals surface area contributed by atoms with Gasteiger partial charge >= 0.3 is 0 Å². The van der Waals surface area contributed by atoms with Crippen LogP contribution >= 0.6 is 0 Å². The highest BCUT2D eigenvalue weighted by molar-refractivity contribution is 4.89. The van der Waals surface area contributed by atoms with Crippen molar-refractivity contribution < 1.29 is 0 Å². The summed E-state index contributed by atoms with van der Waals surface area (Å²) in [5.74, 6) is 0. The third-order valence-corrected chi connectivity index (χ3v) is 5.45. The minimum atomic E-state index is 0.883. The molecular weight excluding hydrogens is 234 g/mol. The van der Waals surface area contributed by atoms with E-state index in [0.29, 0.717) is 0 Å². The van der Waals surface area contributed by atoms with Gasteiger partial charge < -0.3 is 4.90 Å². The van der Waals surface area contributed by atoms with E-state index >= 15 is 0 Å². The first-order chi connectivity index (χ1) is 9.36. The lowest BCUT2D eigenvalue weighted by Crippen LogP contribution is -2.47. The Morgan fingerprint density at radius 1 is 0.789 bits per heavy atom. The van der Waals surface area contributed by atoms with Gasteiger partial charge in [0.25, 0.3) is 0 Å². The maximum atomic E-state index is 2.85. The Morgan fingerprint density at radius 3 is 2.32 bits per heavy atom. The molecule has 0 aromatic rings. The van der Waals surface area contributed by atoms with Gasteiger partial charge in [0.05, 0.1) is 0 Å². The van der Waals surface area contributed by atoms with Crippen molar-refractivity contribution in [1.29, 1.82) is 0 Å². The van der Waals surface area contributed by atoms with Crippen molar-refractivity contribution in [2.75, 3.05) is 45.8 Å². The first-order valence-corrected chi connectivity index (χ1v) is 8.57. The SMILES string of the molecule is CCCN1CCC(N2CCCN3CCCC3C2)CC1. The second-order valence-corrected chi connectivity index (χ2v) is 6.75. The molecule has 0 radical (unpaired) electrons. The summed E-state index contributed by atoms with van der Waals surface area (Å²) < 4.78 is 0. The fraction of sp³-hybridized carbons (Fsp3) is 1.00. The molecule has 1 atom stereocenters. The summed E-state index contributed by atoms with van der Waals surface area (Å²) in [6.45, 7) is 11.7. The Labute approximate surface area is 118 Å². The molecule has 3 fully saturated rings. The zero-order valence-electron chi connectivity index (χ0n) is 12.7. The van der Waals surface area contributed by atoms with E-state index in [4.69, 9.17) is 0 Å². The molecule has 1 unspecified atom stereocenters. The first kappa shape index (κ1) is 13.8. The summed E-state index contributed by atoms with van der Waals surface area (Å²) in [5.41, 5.74) is 0. The van der Waals surface area contributed by atoms with Crippen molar-refractivity contribution in [3.8, 4) is 0 Å². The van der Waals surface area contributed by atoms with E-state index in [-0.39, 0.29) is 0 Å². The summed E-state index contributed by atoms with van der Waals surface area (Å²) in [6.07, 6.45) is 8.41. The molecule has 19 heavy (non-hydrogen) atoms. The van der Waals surface area contributed by atoms with Crippen LogP contribution in [0.4, 0.5) is 0 Å². The Kier molecular flexibility index (Phi) is 4.78. The molecular formula is C16H31N3. The summed E-state index contributed by atoms with van der Waals surface area (Å²) in [7, 11) is 0. The average Bonchev–Trinajstić information content (AvgIpc) is 2.77. The van der Waals surface area contributed by atoms with Crippen LogP contribution in [0.15, 0.2) is 0 Å². The number of fused-ring (bicyclic) bond motifs is 1. The predicted molar refractivity (Wildman–Crippen MR) is 80.5 cm³/mol. The van der Waals surface area contributed by atoms with E-state index < -0.39 is 0 Å². The summed E-state index contributed by atoms with van der Waals surface area (Å²) in [4.78, 5) is 8.27. The fourth-order valence-corrected chi connectivity index (χ4v) is 4.39. The summed E-state index contributed by atoms with van der Waals surface area (Å²) >= 11 is 0. The van der Waals surface area contributed by atoms with Gasteiger partial charge in [0.2, 0.25) is 0 Å². The quantitative estimate of drug-likeness (QED) is 0.773. The van der Waals surface area contributed by atoms with Crippen LogP contribution in [0.2, 0.25) is 0 Å². The molecule has 3 saturated heterocycles. The normalized spacial score (nSPS) is 32.4. The molecule has 3 aliphatic heterocycles. The number of hydrogen-bond donors (Lipinski definition) is 0. The first-order valence-electron chi connectivity index (χ1n) is 8.57. The molecule has 3 heterocycles. The molecule has 0 spiro atoms. The Hall–Kier alpha value is -0.120. The predicted octanol–water partition coefficient (Wildman–Crippen LogP) is 2.03. The molecule has 0 bridgehead atoms. The highest BCUT2D eigenvalue weighted by Crippen LogP contribution is 2.25. The van der Waals surface area contributed by atoms with Gasteiger partial charge in [-0.2, -0.15) is 0 Å². The van der Waals surface area contributed by atoms with Gasteiger partial charge in [-0.15, -0.1) is 0 Å². The van der Waals surface area contributed by atoms with E-state index in [0.717, 1.165) is 12.1 Å². The van der Waals surface area contributed by atoms with Crippen molar-refractivity contribution in [2.24, 2.45) is 0 Å². The van der Waals surface area contributed by atoms with Gasteiger partial charge in [-0.1, -0.05) is 6.92 Å². The standard InChI is InChI=1S/C16H31N3/c1-2-8-17-12-6-15(7-13-17)19-11-4-10-18-9-3-5-16(18)14-19/h15-16H,2-14H2,1H3. The minimum Gasteiger partial charge on any atom is -0.303 e. The van der Waals surface area contributed by atoms with Crippen LogP contribution in [0, 0.1) is 0 Å². The molecule has 0 N–H and O–H groups in total. The molecule has 0 aromatic heterocycles. The number of nitrogens with zero attached hydrogens (tertiary/aromatic N) is 3. The molecule has 3 heteroatoms. The third kappa shape index (κ3) is 3.32. The Balaban J connectivity index is 1.51. The van der Waals surface area contributed by atoms with Crippen LogP contribution in [0.5, 0.6) is 0 Å². The van der Waals surface area contributed by atoms with Gasteiger partial charge in [-0.25, -0.2) is 0 Å². The lowest BCUT2D eigenvalue weighted by atomic mass is 10.0. The molecule has 0 amide bonds. The molecule has 3 rings (SSSR count). The van der Waals surface area contributed by atoms with Gasteiger partial charge in [0.15, 0.2) is 0 Å². The smallest absolute Gasteiger partial charge is 0.0223 e. The number of rotatable bonds is 3. The fourth-order valence-electron chi connectivity index (χ4n) is 4.39. The monoisotopic (exact) mass is 265 g/mol. The second-order valence-electron chi connectivity index (χ2n) is 6.75. The van der Waals surface area contributed by atoms with Crippen molar-refractivity contribution in [3.05, 3.63) is 0 Å². The highest BCUT2D eigenvalue weighted by atomic mass is 15.3. The molecule has 0 saturated carbocycles. The zero-order chi connectivity index (χ0) is 13.1. The Bertz CT molecular complexity index is 273. The van der Waals surface area contributed by atoms with Gasteiger partial charge in [0.1, 0.15) is 0 Å². The van der Waals surface area contributed by atoms with E-state index in [2.05, 4.69) is 21.6 Å². The largest absolute Gasteiger partial charge is 0.303 e. The molecule has 110 valence electrons. The lowest BCUT2D eigenvalue weighted by molar-refractivity contribution is 0.101. The van der Waals surface area contributed by atoms with Gasteiger partial charge in [-0.3, -0.25) is 9.80 Å². The zero-order valence-corrected chi connectivity index (χ0v) is 12.7. The number of piperidine rings is 1. The van der Waals surface area contributed by atoms with Crippen LogP contribution in [0.3, 0.4) is 0 Å². The molecule has 0 aromatic carbocycles. The van der Waals surface area contributed by atoms with Gasteiger partial charge in [0, 0.05) is 18.6 Å². The Morgan fingerprint density at radius 2 is 1.53 bits per heavy atom. The van der Waals surface area contributed by atoms with Crippen LogP contribution in [-0.4, -0.2) is 72.6 Å². The number of likely N-dealkylation sites (tertiary alicyclic amines) is 1. The van der Waals surface area contributed by atoms with Crippen molar-refractivity contribution in [3.63, 3.8) is 0 Å². The summed E-state index contributed by atoms with van der Waals surface area (Å²) in [6, 6.07) is 1.77. The van der Waals surface area contributed by atoms with E-state index in [1.54, 1.807) is 0 Å². The highest BCUT2D eigenvalue weighted by Gasteiger charge is 2.32. The van der Waals surface area contributed by atoms with Gasteiger partial charge in [-0.05, 0) is 77.8 Å². The lowest BCUT2D eigenvalue weighted by Gasteiger charge is -2.39. The van der Waals surface area contributed by atoms with E-state index in [9.17, 15) is 0 Å². The topological polar surface area (TPSA) is 9.72 Å². The average molecular weight is 265 g/mol. The van der Waals surface area contributed by atoms with Crippen molar-refractivity contribution in [2.45, 2.75) is 57.5 Å². The third-order valence-electron chi connectivity index (χ3n) is 5.45. The van der Waals surface area contributed by atoms with Crippen LogP contribution < -0.4 is 0 Å². The second kappa shape index (κ2) is 6.55. The van der Waals surface area contributed by atoms with Crippen LogP contribution in [-0.2, 0) is 0 Å². The maximum Gasteiger partial charge on any atom is 0.0223 e. The number of hydrogen-bond acceptors (Lipinski definition) is 3. The maximum absolute atomic E-state index is 2.85. The van der Waals surface area contributed by atoms with Crippen LogP contribution in [0.1, 0.15) is 45.4 Å². The molecule has 3 aliphatic rings. The van der Waals surface area contributed by atoms with E-state index in [1.165, 1.54) is 84.3 Å². The van der Waals surface area contributed by atoms with Crippen molar-refractivity contribution >= 4 is 0 Å².